The van der Waals surface area contributed by atoms with Crippen LogP contribution in [0.25, 0.3) is 0 Å². The average Bonchev–Trinajstić information content (AvgIpc) is 2.56. The van der Waals surface area contributed by atoms with Crippen LogP contribution in [0.15, 0.2) is 36.4 Å². The van der Waals surface area contributed by atoms with Crippen molar-refractivity contribution >= 4 is 53.9 Å². The number of benzene rings is 2. The van der Waals surface area contributed by atoms with E-state index in [1.54, 1.807) is 6.07 Å². The SMILES string of the molecule is Cc1ccc(C2CCCCN2C(=O)Cc2cc(Cl)cc(Cl)c2)cc1C.Cl.Cl.O. The topological polar surface area (TPSA) is 51.8 Å². The first-order valence-electron chi connectivity index (χ1n) is 8.75. The average molecular weight is 467 g/mol. The minimum Gasteiger partial charge on any atom is -0.412 e. The molecule has 28 heavy (non-hydrogen) atoms. The van der Waals surface area contributed by atoms with Gasteiger partial charge in [-0.3, -0.25) is 4.79 Å². The van der Waals surface area contributed by atoms with Crippen molar-refractivity contribution in [1.29, 1.82) is 0 Å². The zero-order valence-electron chi connectivity index (χ0n) is 16.0. The second kappa shape index (κ2) is 11.9. The third-order valence-electron chi connectivity index (χ3n) is 5.02. The summed E-state index contributed by atoms with van der Waals surface area (Å²) in [4.78, 5) is 15.0. The monoisotopic (exact) mass is 465 g/mol. The van der Waals surface area contributed by atoms with Gasteiger partial charge in [-0.2, -0.15) is 0 Å². The Morgan fingerprint density at radius 3 is 2.25 bits per heavy atom. The number of carbonyl (C=O) groups is 1. The first kappa shape index (κ1) is 27.0. The van der Waals surface area contributed by atoms with Gasteiger partial charge in [-0.15, -0.1) is 24.8 Å². The lowest BCUT2D eigenvalue weighted by molar-refractivity contribution is -0.134. The predicted octanol–water partition coefficient (Wildman–Crippen LogP) is 5.93. The van der Waals surface area contributed by atoms with Gasteiger partial charge in [0.15, 0.2) is 0 Å². The molecule has 1 fully saturated rings. The van der Waals surface area contributed by atoms with Crippen LogP contribution < -0.4 is 0 Å². The van der Waals surface area contributed by atoms with E-state index in [2.05, 4.69) is 32.0 Å². The number of hydrogen-bond acceptors (Lipinski definition) is 1. The number of nitrogens with zero attached hydrogens (tertiary/aromatic N) is 1. The summed E-state index contributed by atoms with van der Waals surface area (Å²) in [6, 6.07) is 12.0. The minimum absolute atomic E-state index is 0. The molecular formula is C21H27Cl4NO2. The molecule has 1 amide bonds. The van der Waals surface area contributed by atoms with E-state index in [9.17, 15) is 4.79 Å². The Labute approximate surface area is 189 Å². The minimum atomic E-state index is 0. The number of hydrogen-bond donors (Lipinski definition) is 0. The molecule has 0 spiro atoms. The molecule has 0 aromatic heterocycles. The Morgan fingerprint density at radius 2 is 1.64 bits per heavy atom. The van der Waals surface area contributed by atoms with Crippen molar-refractivity contribution in [2.45, 2.75) is 45.6 Å². The number of likely N-dealkylation sites (tertiary alicyclic amines) is 1. The van der Waals surface area contributed by atoms with Gasteiger partial charge in [0.25, 0.3) is 0 Å². The van der Waals surface area contributed by atoms with Gasteiger partial charge in [0.05, 0.1) is 12.5 Å². The van der Waals surface area contributed by atoms with E-state index in [-0.39, 0.29) is 42.2 Å². The van der Waals surface area contributed by atoms with Crippen LogP contribution in [0.4, 0.5) is 0 Å². The van der Waals surface area contributed by atoms with E-state index in [0.717, 1.165) is 31.4 Å². The molecule has 1 unspecified atom stereocenters. The number of carbonyl (C=O) groups excluding carboxylic acids is 1. The lowest BCUT2D eigenvalue weighted by Crippen LogP contribution is -2.39. The van der Waals surface area contributed by atoms with Crippen molar-refractivity contribution in [2.75, 3.05) is 6.54 Å². The molecule has 7 heteroatoms. The van der Waals surface area contributed by atoms with Crippen molar-refractivity contribution in [1.82, 2.24) is 4.90 Å². The molecule has 1 atom stereocenters. The largest absolute Gasteiger partial charge is 0.412 e. The van der Waals surface area contributed by atoms with Gasteiger partial charge in [-0.05, 0) is 73.6 Å². The number of aryl methyl sites for hydroxylation is 2. The van der Waals surface area contributed by atoms with Gasteiger partial charge in [0.1, 0.15) is 0 Å². The molecule has 156 valence electrons. The smallest absolute Gasteiger partial charge is 0.227 e. The Morgan fingerprint density at radius 1 is 1.00 bits per heavy atom. The molecule has 1 aliphatic rings. The van der Waals surface area contributed by atoms with Crippen LogP contribution in [-0.4, -0.2) is 22.8 Å². The normalized spacial score (nSPS) is 15.7. The fourth-order valence-electron chi connectivity index (χ4n) is 3.54. The number of rotatable bonds is 3. The first-order valence-corrected chi connectivity index (χ1v) is 9.51. The molecule has 0 radical (unpaired) electrons. The van der Waals surface area contributed by atoms with Crippen LogP contribution in [0.2, 0.25) is 10.0 Å². The molecule has 0 bridgehead atoms. The van der Waals surface area contributed by atoms with Crippen molar-refractivity contribution in [3.05, 3.63) is 68.7 Å². The van der Waals surface area contributed by atoms with Crippen LogP contribution in [0.1, 0.15) is 47.6 Å². The van der Waals surface area contributed by atoms with Crippen molar-refractivity contribution < 1.29 is 10.3 Å². The number of amides is 1. The highest BCUT2D eigenvalue weighted by Crippen LogP contribution is 2.32. The molecule has 1 saturated heterocycles. The van der Waals surface area contributed by atoms with Gasteiger partial charge < -0.3 is 10.4 Å². The summed E-state index contributed by atoms with van der Waals surface area (Å²) in [5, 5.41) is 1.14. The zero-order chi connectivity index (χ0) is 18.0. The van der Waals surface area contributed by atoms with Gasteiger partial charge in [-0.25, -0.2) is 0 Å². The molecule has 3 rings (SSSR count). The third kappa shape index (κ3) is 6.53. The summed E-state index contributed by atoms with van der Waals surface area (Å²) in [7, 11) is 0. The number of halogens is 4. The molecule has 2 N–H and O–H groups in total. The van der Waals surface area contributed by atoms with Crippen LogP contribution in [-0.2, 0) is 11.2 Å². The van der Waals surface area contributed by atoms with E-state index < -0.39 is 0 Å². The highest BCUT2D eigenvalue weighted by Gasteiger charge is 2.28. The maximum atomic E-state index is 13.0. The summed E-state index contributed by atoms with van der Waals surface area (Å²) in [6.45, 7) is 5.05. The second-order valence-electron chi connectivity index (χ2n) is 6.90. The third-order valence-corrected chi connectivity index (χ3v) is 5.45. The summed E-state index contributed by atoms with van der Waals surface area (Å²) in [5.74, 6) is 0.140. The fraction of sp³-hybridized carbons (Fsp3) is 0.381. The molecule has 2 aromatic carbocycles. The zero-order valence-corrected chi connectivity index (χ0v) is 19.1. The van der Waals surface area contributed by atoms with E-state index in [1.165, 1.54) is 16.7 Å². The quantitative estimate of drug-likeness (QED) is 0.553. The summed E-state index contributed by atoms with van der Waals surface area (Å²) in [6.07, 6.45) is 3.57. The Hall–Kier alpha value is -0.970. The van der Waals surface area contributed by atoms with E-state index >= 15 is 0 Å². The molecule has 2 aromatic rings. The summed E-state index contributed by atoms with van der Waals surface area (Å²) >= 11 is 12.1. The van der Waals surface area contributed by atoms with Crippen molar-refractivity contribution in [2.24, 2.45) is 0 Å². The highest BCUT2D eigenvalue weighted by atomic mass is 35.5. The lowest BCUT2D eigenvalue weighted by Gasteiger charge is -2.36. The van der Waals surface area contributed by atoms with Crippen molar-refractivity contribution in [3.8, 4) is 0 Å². The first-order chi connectivity index (χ1) is 11.9. The lowest BCUT2D eigenvalue weighted by atomic mass is 9.92. The molecule has 1 aliphatic heterocycles. The van der Waals surface area contributed by atoms with Gasteiger partial charge in [0, 0.05) is 16.6 Å². The van der Waals surface area contributed by atoms with E-state index in [4.69, 9.17) is 23.2 Å². The van der Waals surface area contributed by atoms with E-state index in [0.29, 0.717) is 16.5 Å². The molecule has 0 aliphatic carbocycles. The van der Waals surface area contributed by atoms with Gasteiger partial charge in [0.2, 0.25) is 5.91 Å². The maximum Gasteiger partial charge on any atom is 0.227 e. The predicted molar refractivity (Wildman–Crippen MR) is 122 cm³/mol. The Bertz CT molecular complexity index is 778. The molecule has 3 nitrogen and oxygen atoms in total. The van der Waals surface area contributed by atoms with Crippen LogP contribution >= 0.6 is 48.0 Å². The van der Waals surface area contributed by atoms with Gasteiger partial charge in [-0.1, -0.05) is 41.4 Å². The number of piperidine rings is 1. The standard InChI is InChI=1S/C21H23Cl2NO.2ClH.H2O/c1-14-6-7-17(9-15(14)2)20-5-3-4-8-24(20)21(25)12-16-10-18(22)13-19(23)11-16;;;/h6-7,9-11,13,20H,3-5,8,12H2,1-2H3;2*1H;1H2. The maximum absolute atomic E-state index is 13.0. The molecule has 0 saturated carbocycles. The van der Waals surface area contributed by atoms with Crippen LogP contribution in [0.5, 0.6) is 0 Å². The van der Waals surface area contributed by atoms with Crippen LogP contribution in [0.3, 0.4) is 0 Å². The highest BCUT2D eigenvalue weighted by molar-refractivity contribution is 6.34. The van der Waals surface area contributed by atoms with Gasteiger partial charge >= 0.3 is 0 Å². The Balaban J connectivity index is 0.00000243. The van der Waals surface area contributed by atoms with Crippen molar-refractivity contribution in [3.63, 3.8) is 0 Å². The molecule has 1 heterocycles. The van der Waals surface area contributed by atoms with E-state index in [1.807, 2.05) is 17.0 Å². The Kier molecular flexibility index (Phi) is 11.5. The van der Waals surface area contributed by atoms with Crippen LogP contribution in [0, 0.1) is 13.8 Å². The molecular weight excluding hydrogens is 440 g/mol. The second-order valence-corrected chi connectivity index (χ2v) is 7.77. The summed E-state index contributed by atoms with van der Waals surface area (Å²) < 4.78 is 0. The fourth-order valence-corrected chi connectivity index (χ4v) is 4.11. The summed E-state index contributed by atoms with van der Waals surface area (Å²) in [5.41, 5.74) is 4.66.